The predicted octanol–water partition coefficient (Wildman–Crippen LogP) is 1.04. The van der Waals surface area contributed by atoms with Crippen molar-refractivity contribution in [2.24, 2.45) is 0 Å². The van der Waals surface area contributed by atoms with E-state index in [-0.39, 0.29) is 13.0 Å². The number of hydrogen-bond acceptors (Lipinski definition) is 4. The number of carboxylic acids is 1. The van der Waals surface area contributed by atoms with Gasteiger partial charge in [-0.15, -0.1) is 11.3 Å². The van der Waals surface area contributed by atoms with Gasteiger partial charge in [-0.3, -0.25) is 0 Å². The number of urea groups is 1. The molecule has 1 unspecified atom stereocenters. The average Bonchev–Trinajstić information content (AvgIpc) is 3.02. The molecule has 1 aromatic heterocycles. The number of aliphatic carboxylic acids is 1. The minimum atomic E-state index is -1.08. The lowest BCUT2D eigenvalue weighted by Gasteiger charge is -2.21. The highest BCUT2D eigenvalue weighted by Gasteiger charge is 2.38. The summed E-state index contributed by atoms with van der Waals surface area (Å²) in [4.78, 5) is 26.5. The van der Waals surface area contributed by atoms with Crippen molar-refractivity contribution in [3.05, 3.63) is 21.9 Å². The lowest BCUT2D eigenvalue weighted by Crippen LogP contribution is -2.45. The van der Waals surface area contributed by atoms with E-state index in [9.17, 15) is 14.7 Å². The minimum absolute atomic E-state index is 0.0629. The first-order valence-corrected chi connectivity index (χ1v) is 7.35. The van der Waals surface area contributed by atoms with Gasteiger partial charge < -0.3 is 20.4 Å². The van der Waals surface area contributed by atoms with Crippen molar-refractivity contribution in [2.75, 3.05) is 6.54 Å². The fourth-order valence-corrected chi connectivity index (χ4v) is 3.14. The number of hydrogen-bond donors (Lipinski definition) is 3. The number of aliphatic hydroxyl groups is 1. The molecule has 2 atom stereocenters. The maximum absolute atomic E-state index is 12.0. The van der Waals surface area contributed by atoms with Crippen LogP contribution in [0.5, 0.6) is 0 Å². The summed E-state index contributed by atoms with van der Waals surface area (Å²) in [6, 6.07) is 2.59. The normalized spacial score (nSPS) is 22.0. The predicted molar refractivity (Wildman–Crippen MR) is 74.7 cm³/mol. The van der Waals surface area contributed by atoms with Gasteiger partial charge >= 0.3 is 12.0 Å². The number of nitrogens with zero attached hydrogens (tertiary/aromatic N) is 1. The third-order valence-corrected chi connectivity index (χ3v) is 4.53. The third kappa shape index (κ3) is 3.29. The van der Waals surface area contributed by atoms with Gasteiger partial charge in [-0.05, 0) is 18.6 Å². The van der Waals surface area contributed by atoms with E-state index in [1.54, 1.807) is 11.3 Å². The zero-order chi connectivity index (χ0) is 14.7. The quantitative estimate of drug-likeness (QED) is 0.775. The first-order chi connectivity index (χ1) is 9.51. The van der Waals surface area contributed by atoms with Crippen molar-refractivity contribution < 1.29 is 19.8 Å². The molecule has 6 nitrogen and oxygen atoms in total. The van der Waals surface area contributed by atoms with Crippen LogP contribution in [0.1, 0.15) is 23.1 Å². The zero-order valence-electron chi connectivity index (χ0n) is 11.2. The molecule has 1 fully saturated rings. The number of nitrogens with one attached hydrogen (secondary N) is 1. The third-order valence-electron chi connectivity index (χ3n) is 3.30. The van der Waals surface area contributed by atoms with Crippen LogP contribution in [-0.4, -0.2) is 45.8 Å². The topological polar surface area (TPSA) is 89.9 Å². The zero-order valence-corrected chi connectivity index (χ0v) is 12.0. The van der Waals surface area contributed by atoms with Gasteiger partial charge in [-0.25, -0.2) is 9.59 Å². The molecule has 2 amide bonds. The van der Waals surface area contributed by atoms with E-state index in [4.69, 9.17) is 5.11 Å². The summed E-state index contributed by atoms with van der Waals surface area (Å²) < 4.78 is 0. The second-order valence-electron chi connectivity index (χ2n) is 4.78. The Morgan fingerprint density at radius 3 is 2.75 bits per heavy atom. The molecule has 1 aliphatic heterocycles. The van der Waals surface area contributed by atoms with Crippen molar-refractivity contribution in [1.29, 1.82) is 0 Å². The highest BCUT2D eigenvalue weighted by atomic mass is 32.1. The molecule has 0 spiro atoms. The van der Waals surface area contributed by atoms with Gasteiger partial charge in [0.25, 0.3) is 0 Å². The summed E-state index contributed by atoms with van der Waals surface area (Å²) in [5, 5.41) is 21.3. The molecular weight excluding hydrogens is 280 g/mol. The van der Waals surface area contributed by atoms with Crippen LogP contribution >= 0.6 is 11.3 Å². The van der Waals surface area contributed by atoms with Crippen LogP contribution in [0, 0.1) is 0 Å². The van der Waals surface area contributed by atoms with Crippen molar-refractivity contribution in [2.45, 2.75) is 38.5 Å². The Labute approximate surface area is 121 Å². The number of β-amino-alcohol motifs (C(OH)–C–C–N with tert-alkyl or cyclic N) is 1. The molecule has 20 heavy (non-hydrogen) atoms. The minimum Gasteiger partial charge on any atom is -0.480 e. The maximum Gasteiger partial charge on any atom is 0.326 e. The molecule has 0 aliphatic carbocycles. The first-order valence-electron chi connectivity index (χ1n) is 6.54. The second-order valence-corrected chi connectivity index (χ2v) is 6.03. The fourth-order valence-electron chi connectivity index (χ4n) is 2.24. The first kappa shape index (κ1) is 14.8. The molecule has 7 heteroatoms. The monoisotopic (exact) mass is 298 g/mol. The maximum atomic E-state index is 12.0. The molecule has 1 saturated heterocycles. The van der Waals surface area contributed by atoms with Crippen molar-refractivity contribution in [3.63, 3.8) is 0 Å². The Morgan fingerprint density at radius 2 is 2.15 bits per heavy atom. The highest BCUT2D eigenvalue weighted by Crippen LogP contribution is 2.19. The lowest BCUT2D eigenvalue weighted by molar-refractivity contribution is -0.141. The Morgan fingerprint density at radius 1 is 1.45 bits per heavy atom. The summed E-state index contributed by atoms with van der Waals surface area (Å²) in [7, 11) is 0. The van der Waals surface area contributed by atoms with Gasteiger partial charge in [0.15, 0.2) is 0 Å². The molecule has 2 rings (SSSR count). The van der Waals surface area contributed by atoms with E-state index in [1.165, 1.54) is 9.78 Å². The van der Waals surface area contributed by atoms with Crippen LogP contribution in [0.4, 0.5) is 4.79 Å². The van der Waals surface area contributed by atoms with Crippen molar-refractivity contribution in [1.82, 2.24) is 10.2 Å². The lowest BCUT2D eigenvalue weighted by atomic mass is 10.2. The second kappa shape index (κ2) is 6.23. The van der Waals surface area contributed by atoms with Crippen LogP contribution in [0.25, 0.3) is 0 Å². The van der Waals surface area contributed by atoms with E-state index in [0.29, 0.717) is 6.54 Å². The van der Waals surface area contributed by atoms with Gasteiger partial charge in [0.2, 0.25) is 0 Å². The molecule has 3 N–H and O–H groups in total. The fraction of sp³-hybridized carbons (Fsp3) is 0.538. The molecule has 110 valence electrons. The summed E-state index contributed by atoms with van der Waals surface area (Å²) in [6.45, 7) is 2.51. The summed E-state index contributed by atoms with van der Waals surface area (Å²) >= 11 is 1.63. The average molecular weight is 298 g/mol. The van der Waals surface area contributed by atoms with E-state index in [0.717, 1.165) is 11.3 Å². The number of carbonyl (C=O) groups is 2. The number of likely N-dealkylation sites (tertiary alicyclic amines) is 1. The standard InChI is InChI=1S/C13H18N2O4S/c1-2-9-3-4-10(20-9)6-14-13(19)15-7-8(16)5-11(15)12(17)18/h3-4,8,11,16H,2,5-7H2,1H3,(H,14,19)(H,17,18)/t8?,11-/m0/s1. The summed E-state index contributed by atoms with van der Waals surface area (Å²) in [5.41, 5.74) is 0. The van der Waals surface area contributed by atoms with Gasteiger partial charge in [-0.1, -0.05) is 6.92 Å². The Hall–Kier alpha value is -1.60. The Kier molecular flexibility index (Phi) is 4.61. The van der Waals surface area contributed by atoms with Crippen LogP contribution in [0.15, 0.2) is 12.1 Å². The largest absolute Gasteiger partial charge is 0.480 e. The van der Waals surface area contributed by atoms with Gasteiger partial charge in [0, 0.05) is 22.7 Å². The van der Waals surface area contributed by atoms with E-state index < -0.39 is 24.1 Å². The van der Waals surface area contributed by atoms with Gasteiger partial charge in [-0.2, -0.15) is 0 Å². The summed E-state index contributed by atoms with van der Waals surface area (Å²) in [5.74, 6) is -1.08. The van der Waals surface area contributed by atoms with E-state index >= 15 is 0 Å². The number of rotatable bonds is 4. The summed E-state index contributed by atoms with van der Waals surface area (Å²) in [6.07, 6.45) is 0.273. The van der Waals surface area contributed by atoms with Crippen LogP contribution in [0.3, 0.4) is 0 Å². The Balaban J connectivity index is 1.92. The molecule has 0 aromatic carbocycles. The molecular formula is C13H18N2O4S. The molecule has 1 aliphatic rings. The molecule has 1 aromatic rings. The van der Waals surface area contributed by atoms with E-state index in [2.05, 4.69) is 12.2 Å². The van der Waals surface area contributed by atoms with Gasteiger partial charge in [0.05, 0.1) is 12.6 Å². The number of thiophene rings is 1. The smallest absolute Gasteiger partial charge is 0.326 e. The number of aliphatic hydroxyl groups excluding tert-OH is 1. The van der Waals surface area contributed by atoms with Crippen LogP contribution < -0.4 is 5.32 Å². The number of aryl methyl sites for hydroxylation is 1. The highest BCUT2D eigenvalue weighted by molar-refractivity contribution is 7.11. The molecule has 0 radical (unpaired) electrons. The number of amides is 2. The SMILES string of the molecule is CCc1ccc(CNC(=O)N2CC(O)C[C@H]2C(=O)O)s1. The molecule has 0 bridgehead atoms. The molecule has 2 heterocycles. The van der Waals surface area contributed by atoms with E-state index in [1.807, 2.05) is 12.1 Å². The number of carboxylic acid groups (broad SMARTS) is 1. The van der Waals surface area contributed by atoms with Crippen molar-refractivity contribution >= 4 is 23.3 Å². The molecule has 0 saturated carbocycles. The number of carbonyl (C=O) groups excluding carboxylic acids is 1. The van der Waals surface area contributed by atoms with Crippen LogP contribution in [-0.2, 0) is 17.8 Å². The van der Waals surface area contributed by atoms with Gasteiger partial charge in [0.1, 0.15) is 6.04 Å². The van der Waals surface area contributed by atoms with Crippen LogP contribution in [0.2, 0.25) is 0 Å². The Bertz CT molecular complexity index is 502. The van der Waals surface area contributed by atoms with Crippen molar-refractivity contribution in [3.8, 4) is 0 Å².